The highest BCUT2D eigenvalue weighted by atomic mass is 19.1. The summed E-state index contributed by atoms with van der Waals surface area (Å²) in [6.45, 7) is 3.47. The molecule has 0 bridgehead atoms. The van der Waals surface area contributed by atoms with E-state index in [-0.39, 0.29) is 11.5 Å². The fourth-order valence-corrected chi connectivity index (χ4v) is 3.06. The summed E-state index contributed by atoms with van der Waals surface area (Å²) in [5.74, 6) is -1.18. The van der Waals surface area contributed by atoms with E-state index < -0.39 is 23.6 Å². The van der Waals surface area contributed by atoms with E-state index in [9.17, 15) is 13.6 Å². The molecule has 0 unspecified atom stereocenters. The molecule has 0 fully saturated rings. The van der Waals surface area contributed by atoms with Gasteiger partial charge in [-0.05, 0) is 48.4 Å². The van der Waals surface area contributed by atoms with E-state index in [4.69, 9.17) is 4.74 Å². The van der Waals surface area contributed by atoms with Crippen LogP contribution >= 0.6 is 0 Å². The van der Waals surface area contributed by atoms with Crippen LogP contribution in [0.15, 0.2) is 54.6 Å². The van der Waals surface area contributed by atoms with Crippen LogP contribution in [0.4, 0.5) is 8.78 Å². The lowest BCUT2D eigenvalue weighted by Crippen LogP contribution is -2.31. The van der Waals surface area contributed by atoms with E-state index in [2.05, 4.69) is 5.32 Å². The van der Waals surface area contributed by atoms with Crippen molar-refractivity contribution in [2.45, 2.75) is 25.8 Å². The molecule has 140 valence electrons. The van der Waals surface area contributed by atoms with Gasteiger partial charge in [0.25, 0.3) is 0 Å². The Morgan fingerprint density at radius 3 is 2.37 bits per heavy atom. The molecule has 3 nitrogen and oxygen atoms in total. The number of nitrogens with one attached hydrogen (secondary N) is 1. The maximum absolute atomic E-state index is 13.9. The molecule has 5 heteroatoms. The van der Waals surface area contributed by atoms with Gasteiger partial charge < -0.3 is 10.1 Å². The maximum atomic E-state index is 13.9. The van der Waals surface area contributed by atoms with Crippen molar-refractivity contribution in [3.05, 3.63) is 77.4 Å². The largest absolute Gasteiger partial charge is 0.497 e. The third kappa shape index (κ3) is 4.08. The molecule has 0 aliphatic rings. The molecule has 0 saturated heterocycles. The van der Waals surface area contributed by atoms with E-state index in [0.29, 0.717) is 0 Å². The topological polar surface area (TPSA) is 38.3 Å². The van der Waals surface area contributed by atoms with Crippen LogP contribution in [-0.4, -0.2) is 13.0 Å². The third-order valence-electron chi connectivity index (χ3n) is 4.75. The molecule has 0 aliphatic carbocycles. The van der Waals surface area contributed by atoms with E-state index >= 15 is 0 Å². The standard InChI is InChI=1S/C22H21F2NO2/c1-13(15-4-5-17-11-19(27-3)8-6-16(17)10-15)22(26)25-14(2)20-9-7-18(23)12-21(20)24/h4-14H,1-3H3,(H,25,26)/t13-,14+/m0/s1. The van der Waals surface area contributed by atoms with Gasteiger partial charge in [-0.25, -0.2) is 8.78 Å². The number of carbonyl (C=O) groups is 1. The molecule has 1 amide bonds. The second-order valence-electron chi connectivity index (χ2n) is 6.59. The van der Waals surface area contributed by atoms with Crippen LogP contribution in [0.1, 0.15) is 36.9 Å². The van der Waals surface area contributed by atoms with Crippen LogP contribution in [-0.2, 0) is 4.79 Å². The summed E-state index contributed by atoms with van der Waals surface area (Å²) in [5.41, 5.74) is 1.11. The van der Waals surface area contributed by atoms with Crippen molar-refractivity contribution in [1.82, 2.24) is 5.32 Å². The van der Waals surface area contributed by atoms with Crippen LogP contribution in [0.5, 0.6) is 5.75 Å². The average Bonchev–Trinajstić information content (AvgIpc) is 2.66. The second-order valence-corrected chi connectivity index (χ2v) is 6.59. The molecule has 27 heavy (non-hydrogen) atoms. The first-order chi connectivity index (χ1) is 12.9. The van der Waals surface area contributed by atoms with Crippen molar-refractivity contribution in [2.75, 3.05) is 7.11 Å². The highest BCUT2D eigenvalue weighted by molar-refractivity contribution is 5.88. The first kappa shape index (κ1) is 18.8. The highest BCUT2D eigenvalue weighted by Gasteiger charge is 2.20. The molecule has 3 aromatic rings. The Bertz CT molecular complexity index is 987. The van der Waals surface area contributed by atoms with Crippen molar-refractivity contribution >= 4 is 16.7 Å². The maximum Gasteiger partial charge on any atom is 0.227 e. The molecular weight excluding hydrogens is 348 g/mol. The quantitative estimate of drug-likeness (QED) is 0.679. The summed E-state index contributed by atoms with van der Waals surface area (Å²) in [5, 5.41) is 4.83. The molecule has 0 radical (unpaired) electrons. The summed E-state index contributed by atoms with van der Waals surface area (Å²) >= 11 is 0. The number of ether oxygens (including phenoxy) is 1. The minimum absolute atomic E-state index is 0.223. The lowest BCUT2D eigenvalue weighted by Gasteiger charge is -2.19. The predicted molar refractivity (Wildman–Crippen MR) is 102 cm³/mol. The van der Waals surface area contributed by atoms with Crippen molar-refractivity contribution in [2.24, 2.45) is 0 Å². The molecule has 1 N–H and O–H groups in total. The van der Waals surface area contributed by atoms with Crippen molar-refractivity contribution in [1.29, 1.82) is 0 Å². The summed E-state index contributed by atoms with van der Waals surface area (Å²) in [7, 11) is 1.62. The van der Waals surface area contributed by atoms with Crippen LogP contribution in [0, 0.1) is 11.6 Å². The number of rotatable bonds is 5. The van der Waals surface area contributed by atoms with Gasteiger partial charge >= 0.3 is 0 Å². The van der Waals surface area contributed by atoms with Gasteiger partial charge in [-0.3, -0.25) is 4.79 Å². The summed E-state index contributed by atoms with van der Waals surface area (Å²) < 4.78 is 32.2. The van der Waals surface area contributed by atoms with Crippen molar-refractivity contribution in [3.63, 3.8) is 0 Å². The minimum Gasteiger partial charge on any atom is -0.497 e. The molecular formula is C22H21F2NO2. The molecule has 0 spiro atoms. The van der Waals surface area contributed by atoms with Gasteiger partial charge in [-0.2, -0.15) is 0 Å². The first-order valence-corrected chi connectivity index (χ1v) is 8.72. The Balaban J connectivity index is 1.77. The highest BCUT2D eigenvalue weighted by Crippen LogP contribution is 2.26. The fourth-order valence-electron chi connectivity index (χ4n) is 3.06. The minimum atomic E-state index is -0.671. The molecule has 0 saturated carbocycles. The van der Waals surface area contributed by atoms with Crippen LogP contribution in [0.2, 0.25) is 0 Å². The van der Waals surface area contributed by atoms with E-state index in [1.807, 2.05) is 36.4 Å². The van der Waals surface area contributed by atoms with Gasteiger partial charge in [-0.15, -0.1) is 0 Å². The number of amides is 1. The average molecular weight is 369 g/mol. The zero-order chi connectivity index (χ0) is 19.6. The Hall–Kier alpha value is -2.95. The van der Waals surface area contributed by atoms with Gasteiger partial charge in [0.05, 0.1) is 19.1 Å². The number of methoxy groups -OCH3 is 1. The first-order valence-electron chi connectivity index (χ1n) is 8.72. The normalized spacial score (nSPS) is 13.2. The molecule has 3 aromatic carbocycles. The SMILES string of the molecule is COc1ccc2cc([C@H](C)C(=O)N[C@H](C)c3ccc(F)cc3F)ccc2c1. The van der Waals surface area contributed by atoms with Gasteiger partial charge in [-0.1, -0.05) is 30.3 Å². The molecule has 0 aromatic heterocycles. The summed E-state index contributed by atoms with van der Waals surface area (Å²) in [6, 6.07) is 14.3. The Kier molecular flexibility index (Phi) is 5.40. The molecule has 3 rings (SSSR count). The summed E-state index contributed by atoms with van der Waals surface area (Å²) in [6.07, 6.45) is 0. The number of hydrogen-bond acceptors (Lipinski definition) is 2. The monoisotopic (exact) mass is 369 g/mol. The van der Waals surface area contributed by atoms with Gasteiger partial charge in [0, 0.05) is 11.6 Å². The molecule has 0 heterocycles. The second kappa shape index (κ2) is 7.74. The Morgan fingerprint density at radius 2 is 1.67 bits per heavy atom. The predicted octanol–water partition coefficient (Wildman–Crippen LogP) is 5.11. The lowest BCUT2D eigenvalue weighted by molar-refractivity contribution is -0.122. The zero-order valence-corrected chi connectivity index (χ0v) is 15.4. The van der Waals surface area contributed by atoms with Gasteiger partial charge in [0.15, 0.2) is 0 Å². The Morgan fingerprint density at radius 1 is 0.963 bits per heavy atom. The smallest absolute Gasteiger partial charge is 0.227 e. The van der Waals surface area contributed by atoms with Crippen LogP contribution in [0.3, 0.4) is 0 Å². The molecule has 0 aliphatic heterocycles. The number of fused-ring (bicyclic) bond motifs is 1. The third-order valence-corrected chi connectivity index (χ3v) is 4.75. The Labute approximate surface area is 157 Å². The summed E-state index contributed by atoms with van der Waals surface area (Å²) in [4.78, 5) is 12.6. The van der Waals surface area contributed by atoms with Crippen LogP contribution < -0.4 is 10.1 Å². The number of halogens is 2. The van der Waals surface area contributed by atoms with Gasteiger partial charge in [0.1, 0.15) is 17.4 Å². The number of hydrogen-bond donors (Lipinski definition) is 1. The molecule has 2 atom stereocenters. The number of carbonyl (C=O) groups excluding carboxylic acids is 1. The van der Waals surface area contributed by atoms with Gasteiger partial charge in [0.2, 0.25) is 5.91 Å². The van der Waals surface area contributed by atoms with E-state index in [1.54, 1.807) is 21.0 Å². The number of benzene rings is 3. The van der Waals surface area contributed by atoms with Crippen LogP contribution in [0.25, 0.3) is 10.8 Å². The lowest BCUT2D eigenvalue weighted by atomic mass is 9.96. The van der Waals surface area contributed by atoms with Crippen molar-refractivity contribution in [3.8, 4) is 5.75 Å². The fraction of sp³-hybridized carbons (Fsp3) is 0.227. The van der Waals surface area contributed by atoms with E-state index in [0.717, 1.165) is 28.2 Å². The van der Waals surface area contributed by atoms with E-state index in [1.165, 1.54) is 12.1 Å². The zero-order valence-electron chi connectivity index (χ0n) is 15.4. The van der Waals surface area contributed by atoms with Crippen molar-refractivity contribution < 1.29 is 18.3 Å².